The summed E-state index contributed by atoms with van der Waals surface area (Å²) in [6.07, 6.45) is 5.08. The molecule has 0 aliphatic rings. The van der Waals surface area contributed by atoms with Crippen LogP contribution in [0.1, 0.15) is 0 Å². The van der Waals surface area contributed by atoms with Gasteiger partial charge in [0.05, 0.1) is 23.6 Å². The van der Waals surface area contributed by atoms with Crippen LogP contribution in [0.2, 0.25) is 5.02 Å². The Hall–Kier alpha value is -1.22. The zero-order valence-corrected chi connectivity index (χ0v) is 11.0. The molecule has 0 unspecified atom stereocenters. The molecule has 92 valence electrons. The van der Waals surface area contributed by atoms with Crippen LogP contribution < -0.4 is 4.74 Å². The average Bonchev–Trinajstić information content (AvgIpc) is 2.29. The molecule has 0 atom stereocenters. The Morgan fingerprint density at radius 2 is 2.18 bits per heavy atom. The zero-order chi connectivity index (χ0) is 13.1. The van der Waals surface area contributed by atoms with Gasteiger partial charge in [-0.3, -0.25) is 0 Å². The van der Waals surface area contributed by atoms with Crippen LogP contribution in [0.5, 0.6) is 5.75 Å². The predicted molar refractivity (Wildman–Crippen MR) is 66.7 cm³/mol. The van der Waals surface area contributed by atoms with E-state index >= 15 is 0 Å². The fourth-order valence-corrected chi connectivity index (χ4v) is 2.63. The van der Waals surface area contributed by atoms with E-state index in [0.717, 1.165) is 4.31 Å². The van der Waals surface area contributed by atoms with Gasteiger partial charge in [0, 0.05) is 7.05 Å². The SMILES string of the molecule is C#CCN(C)S(=O)(=O)c1ccc(OC)c(Cl)c1. The van der Waals surface area contributed by atoms with Crippen molar-refractivity contribution in [2.24, 2.45) is 0 Å². The quantitative estimate of drug-likeness (QED) is 0.783. The van der Waals surface area contributed by atoms with E-state index in [4.69, 9.17) is 22.8 Å². The fourth-order valence-electron chi connectivity index (χ4n) is 1.20. The number of ether oxygens (including phenoxy) is 1. The molecule has 0 bridgehead atoms. The smallest absolute Gasteiger partial charge is 0.243 e. The first kappa shape index (κ1) is 13.8. The second kappa shape index (κ2) is 5.41. The highest BCUT2D eigenvalue weighted by molar-refractivity contribution is 7.89. The minimum Gasteiger partial charge on any atom is -0.495 e. The van der Waals surface area contributed by atoms with Gasteiger partial charge < -0.3 is 4.74 Å². The molecule has 0 radical (unpaired) electrons. The van der Waals surface area contributed by atoms with E-state index in [9.17, 15) is 8.42 Å². The second-order valence-electron chi connectivity index (χ2n) is 3.26. The molecule has 0 aliphatic heterocycles. The van der Waals surface area contributed by atoms with Gasteiger partial charge in [-0.25, -0.2) is 8.42 Å². The fraction of sp³-hybridized carbons (Fsp3) is 0.273. The number of hydrogen-bond acceptors (Lipinski definition) is 3. The Morgan fingerprint density at radius 3 is 2.65 bits per heavy atom. The van der Waals surface area contributed by atoms with Gasteiger partial charge >= 0.3 is 0 Å². The molecular weight excluding hydrogens is 262 g/mol. The van der Waals surface area contributed by atoms with Crippen molar-refractivity contribution in [3.8, 4) is 18.1 Å². The maximum Gasteiger partial charge on any atom is 0.243 e. The van der Waals surface area contributed by atoms with Crippen LogP contribution in [-0.4, -0.2) is 33.4 Å². The largest absolute Gasteiger partial charge is 0.495 e. The standard InChI is InChI=1S/C11H12ClNO3S/c1-4-7-13(2)17(14,15)9-5-6-11(16-3)10(12)8-9/h1,5-6,8H,7H2,2-3H3. The highest BCUT2D eigenvalue weighted by atomic mass is 35.5. The molecule has 1 aromatic carbocycles. The number of hydrogen-bond donors (Lipinski definition) is 0. The molecule has 0 N–H and O–H groups in total. The first-order valence-corrected chi connectivity index (χ1v) is 6.48. The lowest BCUT2D eigenvalue weighted by atomic mass is 10.3. The van der Waals surface area contributed by atoms with Crippen LogP contribution in [0.25, 0.3) is 0 Å². The van der Waals surface area contributed by atoms with Gasteiger partial charge in [-0.15, -0.1) is 6.42 Å². The molecule has 0 amide bonds. The maximum absolute atomic E-state index is 12.0. The van der Waals surface area contributed by atoms with E-state index in [0.29, 0.717) is 5.75 Å². The Kier molecular flexibility index (Phi) is 4.40. The lowest BCUT2D eigenvalue weighted by Gasteiger charge is -2.14. The van der Waals surface area contributed by atoms with E-state index in [1.54, 1.807) is 0 Å². The topological polar surface area (TPSA) is 46.6 Å². The van der Waals surface area contributed by atoms with Crippen molar-refractivity contribution in [2.45, 2.75) is 4.90 Å². The van der Waals surface area contributed by atoms with E-state index in [2.05, 4.69) is 5.92 Å². The summed E-state index contributed by atoms with van der Waals surface area (Å²) in [5.74, 6) is 2.69. The van der Waals surface area contributed by atoms with Gasteiger partial charge in [0.2, 0.25) is 10.0 Å². The van der Waals surface area contributed by atoms with Crippen LogP contribution in [0.4, 0.5) is 0 Å². The maximum atomic E-state index is 12.0. The third-order valence-electron chi connectivity index (χ3n) is 2.15. The molecule has 0 fully saturated rings. The van der Waals surface area contributed by atoms with Crippen LogP contribution in [0, 0.1) is 12.3 Å². The summed E-state index contributed by atoms with van der Waals surface area (Å²) in [6.45, 7) is 0.00593. The molecule has 4 nitrogen and oxygen atoms in total. The summed E-state index contributed by atoms with van der Waals surface area (Å²) in [4.78, 5) is 0.0843. The van der Waals surface area contributed by atoms with Crippen molar-refractivity contribution in [1.82, 2.24) is 4.31 Å². The Labute approximate surface area is 106 Å². The van der Waals surface area contributed by atoms with Crippen LogP contribution >= 0.6 is 11.6 Å². The molecule has 0 aliphatic carbocycles. The van der Waals surface area contributed by atoms with Gasteiger partial charge in [0.1, 0.15) is 5.75 Å². The average molecular weight is 274 g/mol. The number of sulfonamides is 1. The van der Waals surface area contributed by atoms with Crippen LogP contribution in [0.15, 0.2) is 23.1 Å². The van der Waals surface area contributed by atoms with Crippen molar-refractivity contribution >= 4 is 21.6 Å². The molecule has 0 saturated carbocycles. The van der Waals surface area contributed by atoms with E-state index in [-0.39, 0.29) is 16.5 Å². The first-order valence-electron chi connectivity index (χ1n) is 4.67. The minimum absolute atomic E-state index is 0.00593. The molecule has 0 spiro atoms. The van der Waals surface area contributed by atoms with E-state index < -0.39 is 10.0 Å². The van der Waals surface area contributed by atoms with Crippen molar-refractivity contribution < 1.29 is 13.2 Å². The molecule has 17 heavy (non-hydrogen) atoms. The van der Waals surface area contributed by atoms with Gasteiger partial charge in [0.15, 0.2) is 0 Å². The summed E-state index contributed by atoms with van der Waals surface area (Å²) in [7, 11) is -0.730. The van der Waals surface area contributed by atoms with Crippen molar-refractivity contribution in [2.75, 3.05) is 20.7 Å². The van der Waals surface area contributed by atoms with Gasteiger partial charge in [0.25, 0.3) is 0 Å². The van der Waals surface area contributed by atoms with Crippen LogP contribution in [-0.2, 0) is 10.0 Å². The van der Waals surface area contributed by atoms with E-state index in [1.807, 2.05) is 0 Å². The first-order chi connectivity index (χ1) is 7.93. The van der Waals surface area contributed by atoms with Crippen molar-refractivity contribution in [1.29, 1.82) is 0 Å². The Morgan fingerprint density at radius 1 is 1.53 bits per heavy atom. The molecule has 1 rings (SSSR count). The van der Waals surface area contributed by atoms with Crippen molar-refractivity contribution in [3.63, 3.8) is 0 Å². The lowest BCUT2D eigenvalue weighted by molar-refractivity contribution is 0.414. The number of benzene rings is 1. The summed E-state index contributed by atoms with van der Waals surface area (Å²) in [5, 5.41) is 0.239. The predicted octanol–water partition coefficient (Wildman–Crippen LogP) is 1.60. The van der Waals surface area contributed by atoms with Gasteiger partial charge in [-0.05, 0) is 18.2 Å². The number of nitrogens with zero attached hydrogens (tertiary/aromatic N) is 1. The van der Waals surface area contributed by atoms with E-state index in [1.165, 1.54) is 32.4 Å². The van der Waals surface area contributed by atoms with Crippen molar-refractivity contribution in [3.05, 3.63) is 23.2 Å². The summed E-state index contributed by atoms with van der Waals surface area (Å²) >= 11 is 5.87. The second-order valence-corrected chi connectivity index (χ2v) is 5.71. The summed E-state index contributed by atoms with van der Waals surface area (Å²) in [6, 6.07) is 4.26. The normalized spacial score (nSPS) is 11.2. The molecule has 0 heterocycles. The molecule has 6 heteroatoms. The Balaban J connectivity index is 3.17. The summed E-state index contributed by atoms with van der Waals surface area (Å²) in [5.41, 5.74) is 0. The molecular formula is C11H12ClNO3S. The molecule has 1 aromatic rings. The third-order valence-corrected chi connectivity index (χ3v) is 4.24. The zero-order valence-electron chi connectivity index (χ0n) is 9.47. The van der Waals surface area contributed by atoms with Gasteiger partial charge in [-0.2, -0.15) is 4.31 Å². The number of methoxy groups -OCH3 is 1. The van der Waals surface area contributed by atoms with Gasteiger partial charge in [-0.1, -0.05) is 17.5 Å². The van der Waals surface area contributed by atoms with Crippen LogP contribution in [0.3, 0.4) is 0 Å². The highest BCUT2D eigenvalue weighted by Crippen LogP contribution is 2.27. The molecule has 0 aromatic heterocycles. The monoisotopic (exact) mass is 273 g/mol. The lowest BCUT2D eigenvalue weighted by Crippen LogP contribution is -2.27. The number of halogens is 1. The Bertz CT molecular complexity index is 548. The highest BCUT2D eigenvalue weighted by Gasteiger charge is 2.20. The number of rotatable bonds is 4. The molecule has 0 saturated heterocycles. The number of terminal acetylenes is 1. The minimum atomic E-state index is -3.60. The summed E-state index contributed by atoms with van der Waals surface area (Å²) < 4.78 is 30.0. The third kappa shape index (κ3) is 2.91.